The van der Waals surface area contributed by atoms with Crippen LogP contribution in [0.25, 0.3) is 0 Å². The molecule has 4 nitrogen and oxygen atoms in total. The Labute approximate surface area is 153 Å². The Morgan fingerprint density at radius 2 is 2.12 bits per heavy atom. The van der Waals surface area contributed by atoms with Crippen LogP contribution >= 0.6 is 0 Å². The standard InChI is InChI=1S/C21H24FNO3/c1-2-26-20-9-4-3-6-16(20)10-11-21(24)23-12-13-25-15-19(23)17-7-5-8-18(22)14-17/h3-9,14,19H,2,10-13,15H2,1H3. The molecule has 1 aliphatic rings. The van der Waals surface area contributed by atoms with Gasteiger partial charge in [0.1, 0.15) is 11.6 Å². The van der Waals surface area contributed by atoms with Gasteiger partial charge in [-0.05, 0) is 42.7 Å². The smallest absolute Gasteiger partial charge is 0.223 e. The molecule has 138 valence electrons. The van der Waals surface area contributed by atoms with Gasteiger partial charge in [-0.3, -0.25) is 4.79 Å². The molecule has 0 radical (unpaired) electrons. The number of hydrogen-bond acceptors (Lipinski definition) is 3. The Bertz CT molecular complexity index is 750. The van der Waals surface area contributed by atoms with Crippen LogP contribution in [-0.4, -0.2) is 37.2 Å². The number of ether oxygens (including phenoxy) is 2. The second-order valence-corrected chi connectivity index (χ2v) is 6.27. The first-order valence-corrected chi connectivity index (χ1v) is 9.02. The van der Waals surface area contributed by atoms with Crippen LogP contribution in [0.15, 0.2) is 48.5 Å². The highest BCUT2D eigenvalue weighted by atomic mass is 19.1. The van der Waals surface area contributed by atoms with Crippen molar-refractivity contribution in [1.29, 1.82) is 0 Å². The summed E-state index contributed by atoms with van der Waals surface area (Å²) in [6.07, 6.45) is 0.998. The zero-order valence-electron chi connectivity index (χ0n) is 15.0. The molecule has 0 bridgehead atoms. The summed E-state index contributed by atoms with van der Waals surface area (Å²) >= 11 is 0. The van der Waals surface area contributed by atoms with Gasteiger partial charge < -0.3 is 14.4 Å². The van der Waals surface area contributed by atoms with Gasteiger partial charge in [0.2, 0.25) is 5.91 Å². The van der Waals surface area contributed by atoms with E-state index in [0.717, 1.165) is 16.9 Å². The molecule has 1 unspecified atom stereocenters. The minimum absolute atomic E-state index is 0.0499. The maximum absolute atomic E-state index is 13.6. The molecule has 1 heterocycles. The number of hydrogen-bond donors (Lipinski definition) is 0. The highest BCUT2D eigenvalue weighted by Gasteiger charge is 2.28. The quantitative estimate of drug-likeness (QED) is 0.790. The maximum atomic E-state index is 13.6. The van der Waals surface area contributed by atoms with E-state index in [-0.39, 0.29) is 17.8 Å². The molecule has 1 fully saturated rings. The normalized spacial score (nSPS) is 17.2. The molecular formula is C21H24FNO3. The fourth-order valence-corrected chi connectivity index (χ4v) is 3.28. The van der Waals surface area contributed by atoms with Gasteiger partial charge in [0, 0.05) is 13.0 Å². The number of benzene rings is 2. The van der Waals surface area contributed by atoms with Gasteiger partial charge in [-0.2, -0.15) is 0 Å². The molecule has 1 atom stereocenters. The minimum atomic E-state index is -0.300. The highest BCUT2D eigenvalue weighted by molar-refractivity contribution is 5.77. The third-order valence-corrected chi connectivity index (χ3v) is 4.56. The summed E-state index contributed by atoms with van der Waals surface area (Å²) in [5, 5.41) is 0. The van der Waals surface area contributed by atoms with Crippen LogP contribution in [-0.2, 0) is 16.0 Å². The van der Waals surface area contributed by atoms with E-state index >= 15 is 0 Å². The number of para-hydroxylation sites is 1. The number of rotatable bonds is 6. The second-order valence-electron chi connectivity index (χ2n) is 6.27. The fraction of sp³-hybridized carbons (Fsp3) is 0.381. The van der Waals surface area contributed by atoms with Gasteiger partial charge in [-0.15, -0.1) is 0 Å². The fourth-order valence-electron chi connectivity index (χ4n) is 3.28. The van der Waals surface area contributed by atoms with E-state index in [1.165, 1.54) is 12.1 Å². The monoisotopic (exact) mass is 357 g/mol. The maximum Gasteiger partial charge on any atom is 0.223 e. The van der Waals surface area contributed by atoms with Crippen LogP contribution in [0.4, 0.5) is 4.39 Å². The van der Waals surface area contributed by atoms with Crippen molar-refractivity contribution in [2.24, 2.45) is 0 Å². The number of halogens is 1. The van der Waals surface area contributed by atoms with Crippen molar-refractivity contribution in [3.05, 3.63) is 65.5 Å². The summed E-state index contributed by atoms with van der Waals surface area (Å²) in [5.41, 5.74) is 1.80. The lowest BCUT2D eigenvalue weighted by Crippen LogP contribution is -2.43. The molecule has 3 rings (SSSR count). The molecule has 2 aromatic carbocycles. The molecule has 5 heteroatoms. The predicted molar refractivity (Wildman–Crippen MR) is 97.6 cm³/mol. The minimum Gasteiger partial charge on any atom is -0.494 e. The summed E-state index contributed by atoms with van der Waals surface area (Å²) < 4.78 is 24.7. The zero-order valence-corrected chi connectivity index (χ0v) is 15.0. The van der Waals surface area contributed by atoms with Gasteiger partial charge in [0.25, 0.3) is 0 Å². The van der Waals surface area contributed by atoms with E-state index in [1.54, 1.807) is 6.07 Å². The molecule has 0 saturated carbocycles. The van der Waals surface area contributed by atoms with Crippen LogP contribution in [0.5, 0.6) is 5.75 Å². The number of carbonyl (C=O) groups is 1. The molecular weight excluding hydrogens is 333 g/mol. The number of nitrogens with zero attached hydrogens (tertiary/aromatic N) is 1. The average molecular weight is 357 g/mol. The summed E-state index contributed by atoms with van der Waals surface area (Å²) in [6, 6.07) is 13.9. The third kappa shape index (κ3) is 4.41. The topological polar surface area (TPSA) is 38.8 Å². The van der Waals surface area contributed by atoms with Gasteiger partial charge >= 0.3 is 0 Å². The summed E-state index contributed by atoms with van der Waals surface area (Å²) in [5.74, 6) is 0.575. The van der Waals surface area contributed by atoms with Crippen molar-refractivity contribution in [1.82, 2.24) is 4.90 Å². The lowest BCUT2D eigenvalue weighted by Gasteiger charge is -2.36. The molecule has 26 heavy (non-hydrogen) atoms. The van der Waals surface area contributed by atoms with Crippen LogP contribution in [0.1, 0.15) is 30.5 Å². The van der Waals surface area contributed by atoms with Gasteiger partial charge in [-0.1, -0.05) is 30.3 Å². The highest BCUT2D eigenvalue weighted by Crippen LogP contribution is 2.26. The van der Waals surface area contributed by atoms with E-state index in [2.05, 4.69) is 0 Å². The molecule has 1 amide bonds. The van der Waals surface area contributed by atoms with Gasteiger partial charge in [0.05, 0.1) is 25.9 Å². The third-order valence-electron chi connectivity index (χ3n) is 4.56. The lowest BCUT2D eigenvalue weighted by molar-refractivity contribution is -0.140. The largest absolute Gasteiger partial charge is 0.494 e. The molecule has 1 saturated heterocycles. The Balaban J connectivity index is 1.69. The molecule has 0 N–H and O–H groups in total. The van der Waals surface area contributed by atoms with Gasteiger partial charge in [-0.25, -0.2) is 4.39 Å². The van der Waals surface area contributed by atoms with Gasteiger partial charge in [0.15, 0.2) is 0 Å². The first-order chi connectivity index (χ1) is 12.7. The number of amides is 1. The van der Waals surface area contributed by atoms with E-state index in [1.807, 2.05) is 42.2 Å². The van der Waals surface area contributed by atoms with E-state index in [9.17, 15) is 9.18 Å². The van der Waals surface area contributed by atoms with Crippen LogP contribution in [0.2, 0.25) is 0 Å². The van der Waals surface area contributed by atoms with E-state index < -0.39 is 0 Å². The average Bonchev–Trinajstić information content (AvgIpc) is 2.67. The van der Waals surface area contributed by atoms with Crippen LogP contribution in [0, 0.1) is 5.82 Å². The Hall–Kier alpha value is -2.40. The van der Waals surface area contributed by atoms with Crippen molar-refractivity contribution < 1.29 is 18.7 Å². The SMILES string of the molecule is CCOc1ccccc1CCC(=O)N1CCOCC1c1cccc(F)c1. The predicted octanol–water partition coefficient (Wildman–Crippen LogP) is 3.76. The number of morpholine rings is 1. The van der Waals surface area contributed by atoms with Crippen molar-refractivity contribution in [2.75, 3.05) is 26.4 Å². The summed E-state index contributed by atoms with van der Waals surface area (Å²) in [4.78, 5) is 14.7. The molecule has 0 spiro atoms. The summed E-state index contributed by atoms with van der Waals surface area (Å²) in [6.45, 7) is 3.96. The van der Waals surface area contributed by atoms with Crippen molar-refractivity contribution >= 4 is 5.91 Å². The molecule has 2 aromatic rings. The van der Waals surface area contributed by atoms with E-state index in [0.29, 0.717) is 39.2 Å². The van der Waals surface area contributed by atoms with Crippen LogP contribution < -0.4 is 4.74 Å². The first kappa shape index (κ1) is 18.4. The zero-order chi connectivity index (χ0) is 18.4. The summed E-state index contributed by atoms with van der Waals surface area (Å²) in [7, 11) is 0. The van der Waals surface area contributed by atoms with Crippen molar-refractivity contribution in [3.8, 4) is 5.75 Å². The molecule has 1 aliphatic heterocycles. The Kier molecular flexibility index (Phi) is 6.23. The first-order valence-electron chi connectivity index (χ1n) is 9.02. The van der Waals surface area contributed by atoms with E-state index in [4.69, 9.17) is 9.47 Å². The second kappa shape index (κ2) is 8.81. The Morgan fingerprint density at radius 1 is 1.27 bits per heavy atom. The Morgan fingerprint density at radius 3 is 2.92 bits per heavy atom. The van der Waals surface area contributed by atoms with Crippen molar-refractivity contribution in [3.63, 3.8) is 0 Å². The number of aryl methyl sites for hydroxylation is 1. The lowest BCUT2D eigenvalue weighted by atomic mass is 10.0. The molecule has 0 aliphatic carbocycles. The van der Waals surface area contributed by atoms with Crippen molar-refractivity contribution in [2.45, 2.75) is 25.8 Å². The number of carbonyl (C=O) groups excluding carboxylic acids is 1. The van der Waals surface area contributed by atoms with Crippen LogP contribution in [0.3, 0.4) is 0 Å². The molecule has 0 aromatic heterocycles.